The van der Waals surface area contributed by atoms with Gasteiger partial charge in [0.05, 0.1) is 29.1 Å². The largest absolute Gasteiger partial charge is 0.363 e. The average molecular weight is 590 g/mol. The number of hydrogen-bond acceptors (Lipinski definition) is 7. The van der Waals surface area contributed by atoms with Gasteiger partial charge in [0.15, 0.2) is 17.3 Å². The Hall–Kier alpha value is -3.93. The van der Waals surface area contributed by atoms with E-state index in [1.165, 1.54) is 12.1 Å². The van der Waals surface area contributed by atoms with E-state index in [0.29, 0.717) is 0 Å². The molecule has 3 aromatic heterocycles. The van der Waals surface area contributed by atoms with E-state index in [1.807, 2.05) is 0 Å². The number of benzene rings is 1. The van der Waals surface area contributed by atoms with E-state index >= 15 is 4.39 Å². The molecule has 0 aliphatic heterocycles. The number of aromatic nitrogens is 3. The number of fused-ring (bicyclic) bond motifs is 1. The van der Waals surface area contributed by atoms with Crippen LogP contribution in [0, 0.1) is 30.5 Å². The van der Waals surface area contributed by atoms with E-state index in [9.17, 15) is 25.8 Å². The molecule has 0 radical (unpaired) electrons. The molecule has 0 bridgehead atoms. The fourth-order valence-corrected chi connectivity index (χ4v) is 6.33. The number of pyridine rings is 2. The SMILES string of the molecule is [C-]#[N+]c1cc(F)c(N[C@H](CS(=O)(=O)O)C(C)(C)C)nc1-c1cn(S(=O)(=O)c2ccc(C)cc2)c2ncc(F)cc12. The highest BCUT2D eigenvalue weighted by Gasteiger charge is 2.31. The summed E-state index contributed by atoms with van der Waals surface area (Å²) in [5.74, 6) is -2.98. The summed E-state index contributed by atoms with van der Waals surface area (Å²) in [6.07, 6.45) is 1.97. The summed E-state index contributed by atoms with van der Waals surface area (Å²) in [5, 5.41) is 2.69. The smallest absolute Gasteiger partial charge is 0.269 e. The van der Waals surface area contributed by atoms with Crippen LogP contribution in [-0.2, 0) is 20.1 Å². The van der Waals surface area contributed by atoms with Gasteiger partial charge in [0, 0.05) is 23.2 Å². The number of halogens is 2. The molecular formula is C26H25F2N5O5S2. The lowest BCUT2D eigenvalue weighted by atomic mass is 9.88. The van der Waals surface area contributed by atoms with E-state index in [1.54, 1.807) is 39.8 Å². The lowest BCUT2D eigenvalue weighted by molar-refractivity contribution is 0.351. The fourth-order valence-electron chi connectivity index (χ4n) is 4.00. The number of nitrogens with one attached hydrogen (secondary N) is 1. The standard InChI is InChI=1S/C26H25F2N5O5S2/c1-15-6-8-17(9-7-15)40(37,38)33-13-19(18-10-16(27)12-30-25(18)33)23-21(29-5)11-20(28)24(32-23)31-22(26(2,3)4)14-39(34,35)36/h6-13,22H,14H2,1-4H3,(H,31,32)(H,34,35,36)/t22-/m1/s1. The molecule has 40 heavy (non-hydrogen) atoms. The summed E-state index contributed by atoms with van der Waals surface area (Å²) in [5.41, 5.74) is -0.624. The van der Waals surface area contributed by atoms with Crippen LogP contribution in [0.3, 0.4) is 0 Å². The van der Waals surface area contributed by atoms with Gasteiger partial charge < -0.3 is 5.32 Å². The lowest BCUT2D eigenvalue weighted by Crippen LogP contribution is -2.40. The van der Waals surface area contributed by atoms with Crippen molar-refractivity contribution in [1.82, 2.24) is 13.9 Å². The van der Waals surface area contributed by atoms with Crippen LogP contribution in [-0.4, -0.2) is 47.1 Å². The Labute approximate surface area is 230 Å². The van der Waals surface area contributed by atoms with Crippen molar-refractivity contribution >= 4 is 42.7 Å². The number of anilines is 1. The van der Waals surface area contributed by atoms with Gasteiger partial charge in [-0.1, -0.05) is 38.5 Å². The maximum absolute atomic E-state index is 15.1. The van der Waals surface area contributed by atoms with E-state index in [4.69, 9.17) is 6.57 Å². The quantitative estimate of drug-likeness (QED) is 0.222. The van der Waals surface area contributed by atoms with Crippen molar-refractivity contribution in [1.29, 1.82) is 0 Å². The Bertz CT molecular complexity index is 1880. The van der Waals surface area contributed by atoms with E-state index in [0.717, 1.165) is 34.1 Å². The third-order valence-electron chi connectivity index (χ3n) is 6.22. The van der Waals surface area contributed by atoms with Gasteiger partial charge in [-0.25, -0.2) is 36.0 Å². The first kappa shape index (κ1) is 29.1. The summed E-state index contributed by atoms with van der Waals surface area (Å²) in [7, 11) is -8.71. The second-order valence-corrected chi connectivity index (χ2v) is 13.6. The zero-order valence-electron chi connectivity index (χ0n) is 21.8. The van der Waals surface area contributed by atoms with Crippen LogP contribution in [0.4, 0.5) is 20.3 Å². The van der Waals surface area contributed by atoms with E-state index < -0.39 is 54.8 Å². The Balaban J connectivity index is 1.95. The summed E-state index contributed by atoms with van der Waals surface area (Å²) < 4.78 is 90.0. The topological polar surface area (TPSA) is 136 Å². The van der Waals surface area contributed by atoms with Crippen LogP contribution >= 0.6 is 0 Å². The van der Waals surface area contributed by atoms with Gasteiger partial charge in [0.2, 0.25) is 5.69 Å². The van der Waals surface area contributed by atoms with Gasteiger partial charge >= 0.3 is 0 Å². The molecule has 0 spiro atoms. The first-order valence-corrected chi connectivity index (χ1v) is 14.8. The van der Waals surface area contributed by atoms with Crippen LogP contribution in [0.1, 0.15) is 26.3 Å². The van der Waals surface area contributed by atoms with Crippen molar-refractivity contribution in [3.05, 3.63) is 77.4 Å². The molecule has 210 valence electrons. The zero-order chi connectivity index (χ0) is 29.6. The van der Waals surface area contributed by atoms with Crippen LogP contribution in [0.5, 0.6) is 0 Å². The molecule has 4 rings (SSSR count). The monoisotopic (exact) mass is 589 g/mol. The minimum Gasteiger partial charge on any atom is -0.363 e. The Kier molecular flexibility index (Phi) is 7.44. The Morgan fingerprint density at radius 2 is 1.77 bits per heavy atom. The molecule has 10 nitrogen and oxygen atoms in total. The van der Waals surface area contributed by atoms with Crippen molar-refractivity contribution in [2.24, 2.45) is 5.41 Å². The van der Waals surface area contributed by atoms with Crippen molar-refractivity contribution in [2.45, 2.75) is 38.6 Å². The molecule has 0 aliphatic rings. The average Bonchev–Trinajstić information content (AvgIpc) is 3.22. The highest BCUT2D eigenvalue weighted by molar-refractivity contribution is 7.90. The van der Waals surface area contributed by atoms with Gasteiger partial charge in [-0.3, -0.25) is 4.55 Å². The maximum Gasteiger partial charge on any atom is 0.269 e. The van der Waals surface area contributed by atoms with Gasteiger partial charge in [0.25, 0.3) is 20.1 Å². The first-order valence-electron chi connectivity index (χ1n) is 11.8. The molecule has 0 fully saturated rings. The normalized spacial score (nSPS) is 13.2. The van der Waals surface area contributed by atoms with Gasteiger partial charge in [0.1, 0.15) is 5.82 Å². The predicted octanol–water partition coefficient (Wildman–Crippen LogP) is 5.19. The Morgan fingerprint density at radius 3 is 2.35 bits per heavy atom. The molecular weight excluding hydrogens is 564 g/mol. The van der Waals surface area contributed by atoms with Crippen LogP contribution < -0.4 is 5.32 Å². The molecule has 1 aromatic carbocycles. The van der Waals surface area contributed by atoms with E-state index in [2.05, 4.69) is 20.1 Å². The van der Waals surface area contributed by atoms with Crippen LogP contribution in [0.2, 0.25) is 0 Å². The maximum atomic E-state index is 15.1. The number of rotatable bonds is 7. The van der Waals surface area contributed by atoms with Crippen molar-refractivity contribution in [2.75, 3.05) is 11.1 Å². The third kappa shape index (κ3) is 5.81. The molecule has 0 unspecified atom stereocenters. The van der Waals surface area contributed by atoms with Crippen molar-refractivity contribution in [3.8, 4) is 11.3 Å². The second-order valence-electron chi connectivity index (χ2n) is 10.3. The number of hydrogen-bond donors (Lipinski definition) is 2. The highest BCUT2D eigenvalue weighted by Crippen LogP contribution is 2.38. The molecule has 3 heterocycles. The predicted molar refractivity (Wildman–Crippen MR) is 146 cm³/mol. The molecule has 14 heteroatoms. The second kappa shape index (κ2) is 10.2. The molecule has 0 amide bonds. The summed E-state index contributed by atoms with van der Waals surface area (Å²) in [6, 6.07) is 6.91. The molecule has 0 saturated heterocycles. The number of aryl methyl sites for hydroxylation is 1. The summed E-state index contributed by atoms with van der Waals surface area (Å²) in [6.45, 7) is 14.4. The lowest BCUT2D eigenvalue weighted by Gasteiger charge is -2.31. The molecule has 4 aromatic rings. The van der Waals surface area contributed by atoms with Gasteiger partial charge in [-0.05, 0) is 36.6 Å². The molecule has 0 saturated carbocycles. The molecule has 1 atom stereocenters. The van der Waals surface area contributed by atoms with Crippen LogP contribution in [0.25, 0.3) is 27.1 Å². The van der Waals surface area contributed by atoms with Gasteiger partial charge in [-0.15, -0.1) is 0 Å². The summed E-state index contributed by atoms with van der Waals surface area (Å²) in [4.78, 5) is 11.4. The first-order chi connectivity index (χ1) is 18.5. The molecule has 0 aliphatic carbocycles. The molecule has 2 N–H and O–H groups in total. The van der Waals surface area contributed by atoms with E-state index in [-0.39, 0.29) is 32.9 Å². The van der Waals surface area contributed by atoms with Crippen LogP contribution in [0.15, 0.2) is 53.7 Å². The zero-order valence-corrected chi connectivity index (χ0v) is 23.5. The fraction of sp³-hybridized carbons (Fsp3) is 0.269. The van der Waals surface area contributed by atoms with Gasteiger partial charge in [-0.2, -0.15) is 8.42 Å². The third-order valence-corrected chi connectivity index (χ3v) is 8.64. The summed E-state index contributed by atoms with van der Waals surface area (Å²) >= 11 is 0. The number of nitrogens with zero attached hydrogens (tertiary/aromatic N) is 4. The van der Waals surface area contributed by atoms with Crippen molar-refractivity contribution in [3.63, 3.8) is 0 Å². The minimum absolute atomic E-state index is 0.00375. The van der Waals surface area contributed by atoms with Crippen molar-refractivity contribution < 1.29 is 30.2 Å². The Morgan fingerprint density at radius 1 is 1.12 bits per heavy atom. The highest BCUT2D eigenvalue weighted by atomic mass is 32.2. The minimum atomic E-state index is -4.47.